The summed E-state index contributed by atoms with van der Waals surface area (Å²) in [6, 6.07) is 3.54. The fraction of sp³-hybridized carbons (Fsp3) is 0.167. The Kier molecular flexibility index (Phi) is 4.56. The van der Waals surface area contributed by atoms with Crippen LogP contribution in [0.3, 0.4) is 0 Å². The molecule has 1 aromatic heterocycles. The molecule has 0 aliphatic rings. The van der Waals surface area contributed by atoms with Crippen LogP contribution in [0, 0.1) is 11.2 Å². The third kappa shape index (κ3) is 3.14. The van der Waals surface area contributed by atoms with Crippen LogP contribution in [0.15, 0.2) is 22.8 Å². The van der Waals surface area contributed by atoms with E-state index in [-0.39, 0.29) is 28.6 Å². The number of anilines is 2. The van der Waals surface area contributed by atoms with E-state index in [1.165, 1.54) is 12.1 Å². The highest BCUT2D eigenvalue weighted by atomic mass is 35.5. The monoisotopic (exact) mass is 327 g/mol. The highest BCUT2D eigenvalue weighted by Crippen LogP contribution is 2.25. The van der Waals surface area contributed by atoms with Gasteiger partial charge in [0.15, 0.2) is 17.3 Å². The first-order chi connectivity index (χ1) is 10.4. The third-order valence-corrected chi connectivity index (χ3v) is 2.85. The van der Waals surface area contributed by atoms with Gasteiger partial charge in [-0.15, -0.1) is 0 Å². The first-order valence-electron chi connectivity index (χ1n) is 6.07. The van der Waals surface area contributed by atoms with Crippen molar-refractivity contribution in [3.8, 4) is 0 Å². The quantitative estimate of drug-likeness (QED) is 0.503. The van der Waals surface area contributed by atoms with Crippen LogP contribution in [0.2, 0.25) is 5.02 Å². The van der Waals surface area contributed by atoms with Crippen molar-refractivity contribution in [2.24, 2.45) is 0 Å². The van der Waals surface area contributed by atoms with Gasteiger partial charge < -0.3 is 10.6 Å². The zero-order chi connectivity index (χ0) is 16.3. The lowest BCUT2D eigenvalue weighted by Crippen LogP contribution is -2.34. The summed E-state index contributed by atoms with van der Waals surface area (Å²) < 4.78 is 17.7. The normalized spacial score (nSPS) is 10.3. The van der Waals surface area contributed by atoms with E-state index in [1.807, 2.05) is 0 Å². The molecule has 1 heterocycles. The minimum atomic E-state index is -0.652. The molecular weight excluding hydrogens is 317 g/mol. The molecule has 116 valence electrons. The molecule has 1 aromatic carbocycles. The van der Waals surface area contributed by atoms with E-state index in [2.05, 4.69) is 14.9 Å². The van der Waals surface area contributed by atoms with Gasteiger partial charge >= 0.3 is 5.97 Å². The number of halogens is 2. The number of hydrogen-bond donors (Lipinski definition) is 2. The fourth-order valence-electron chi connectivity index (χ4n) is 1.46. The molecule has 0 atom stereocenters. The Hall–Kier alpha value is -2.68. The third-order valence-electron chi connectivity index (χ3n) is 2.56. The average molecular weight is 328 g/mol. The van der Waals surface area contributed by atoms with Crippen LogP contribution in [0.4, 0.5) is 15.9 Å². The van der Waals surface area contributed by atoms with Crippen molar-refractivity contribution >= 4 is 34.9 Å². The Labute approximate surface area is 129 Å². The number of nitrogens with two attached hydrogens (primary N) is 1. The maximum absolute atomic E-state index is 13.3. The number of nitrogens with zero attached hydrogens (tertiary/aromatic N) is 3. The summed E-state index contributed by atoms with van der Waals surface area (Å²) in [5, 5.41) is 15.5. The molecule has 0 bridgehead atoms. The molecule has 22 heavy (non-hydrogen) atoms. The van der Waals surface area contributed by atoms with E-state index >= 15 is 0 Å². The van der Waals surface area contributed by atoms with E-state index in [9.17, 15) is 9.18 Å². The summed E-state index contributed by atoms with van der Waals surface area (Å²) in [4.78, 5) is 16.6. The molecule has 0 aliphatic heterocycles. The van der Waals surface area contributed by atoms with Gasteiger partial charge in [-0.2, -0.15) is 5.06 Å². The lowest BCUT2D eigenvalue weighted by molar-refractivity contribution is -0.143. The number of nitrogens with one attached hydrogen (secondary N) is 1. The Morgan fingerprint density at radius 2 is 2.27 bits per heavy atom. The van der Waals surface area contributed by atoms with Gasteiger partial charge in [0, 0.05) is 6.42 Å². The smallest absolute Gasteiger partial charge is 0.332 e. The van der Waals surface area contributed by atoms with Crippen LogP contribution >= 0.6 is 11.6 Å². The Bertz CT molecular complexity index is 721. The molecule has 2 rings (SSSR count). The van der Waals surface area contributed by atoms with Gasteiger partial charge in [-0.25, -0.2) is 13.8 Å². The second-order valence-electron chi connectivity index (χ2n) is 4.06. The Morgan fingerprint density at radius 3 is 2.82 bits per heavy atom. The molecule has 2 aromatic rings. The summed E-state index contributed by atoms with van der Waals surface area (Å²) in [7, 11) is 0. The summed E-state index contributed by atoms with van der Waals surface area (Å²) in [6.07, 6.45) is 0.0608. The van der Waals surface area contributed by atoms with Crippen molar-refractivity contribution < 1.29 is 18.7 Å². The minimum absolute atomic E-state index is 0.0608. The molecule has 0 fully saturated rings. The average Bonchev–Trinajstić information content (AvgIpc) is 2.93. The van der Waals surface area contributed by atoms with Gasteiger partial charge in [-0.1, -0.05) is 18.5 Å². The first-order valence-corrected chi connectivity index (χ1v) is 6.44. The second kappa shape index (κ2) is 6.39. The Morgan fingerprint density at radius 1 is 1.55 bits per heavy atom. The maximum Gasteiger partial charge on any atom is 0.332 e. The van der Waals surface area contributed by atoms with Gasteiger partial charge in [0.1, 0.15) is 5.82 Å². The lowest BCUT2D eigenvalue weighted by atomic mass is 10.3. The molecule has 0 aliphatic carbocycles. The molecule has 0 amide bonds. The molecular formula is C12H11ClFN5O3. The van der Waals surface area contributed by atoms with Gasteiger partial charge in [-0.3, -0.25) is 5.41 Å². The number of hydroxylamine groups is 1. The predicted molar refractivity (Wildman–Crippen MR) is 75.8 cm³/mol. The van der Waals surface area contributed by atoms with Gasteiger partial charge in [0.2, 0.25) is 0 Å². The summed E-state index contributed by atoms with van der Waals surface area (Å²) in [6.45, 7) is 1.58. The number of nitrogen functional groups attached to an aromatic ring is 1. The number of amidine groups is 1. The predicted octanol–water partition coefficient (Wildman–Crippen LogP) is 2.14. The van der Waals surface area contributed by atoms with Gasteiger partial charge in [0.25, 0.3) is 0 Å². The lowest BCUT2D eigenvalue weighted by Gasteiger charge is -2.22. The van der Waals surface area contributed by atoms with E-state index in [0.29, 0.717) is 0 Å². The first kappa shape index (κ1) is 15.7. The number of benzene rings is 1. The van der Waals surface area contributed by atoms with E-state index in [4.69, 9.17) is 27.6 Å². The van der Waals surface area contributed by atoms with Crippen LogP contribution < -0.4 is 10.8 Å². The number of carbonyl (C=O) groups is 1. The number of hydrogen-bond acceptors (Lipinski definition) is 7. The minimum Gasteiger partial charge on any atom is -0.379 e. The summed E-state index contributed by atoms with van der Waals surface area (Å²) >= 11 is 5.71. The standard InChI is InChI=1S/C12H11ClFN5O3/c1-2-9(20)21-19(6-3-4-8(14)7(13)5-6)12(16)10-11(15)18-22-17-10/h3-5,16H,2H2,1H3,(H2,15,18). The molecule has 0 saturated carbocycles. The molecule has 0 spiro atoms. The Balaban J connectivity index is 2.42. The molecule has 0 unspecified atom stereocenters. The van der Waals surface area contributed by atoms with E-state index in [0.717, 1.165) is 11.1 Å². The largest absolute Gasteiger partial charge is 0.379 e. The highest BCUT2D eigenvalue weighted by molar-refractivity contribution is 6.31. The van der Waals surface area contributed by atoms with Crippen molar-refractivity contribution in [2.45, 2.75) is 13.3 Å². The summed E-state index contributed by atoms with van der Waals surface area (Å²) in [5.41, 5.74) is 5.52. The van der Waals surface area contributed by atoms with Crippen LogP contribution in [0.1, 0.15) is 19.0 Å². The van der Waals surface area contributed by atoms with Crippen molar-refractivity contribution in [3.63, 3.8) is 0 Å². The molecule has 0 saturated heterocycles. The van der Waals surface area contributed by atoms with E-state index in [1.54, 1.807) is 6.92 Å². The SMILES string of the molecule is CCC(=O)ON(C(=N)c1nonc1N)c1ccc(F)c(Cl)c1. The number of carbonyl (C=O) groups excluding carboxylic acids is 1. The fourth-order valence-corrected chi connectivity index (χ4v) is 1.64. The van der Waals surface area contributed by atoms with Crippen LogP contribution in [-0.4, -0.2) is 22.1 Å². The topological polar surface area (TPSA) is 118 Å². The van der Waals surface area contributed by atoms with Crippen molar-refractivity contribution in [2.75, 3.05) is 10.8 Å². The molecule has 0 radical (unpaired) electrons. The van der Waals surface area contributed by atoms with Crippen LogP contribution in [0.5, 0.6) is 0 Å². The van der Waals surface area contributed by atoms with E-state index < -0.39 is 17.6 Å². The molecule has 10 heteroatoms. The molecule has 3 N–H and O–H groups in total. The highest BCUT2D eigenvalue weighted by Gasteiger charge is 2.24. The summed E-state index contributed by atoms with van der Waals surface area (Å²) in [5.74, 6) is -1.85. The zero-order valence-electron chi connectivity index (χ0n) is 11.3. The maximum atomic E-state index is 13.3. The molecule has 8 nitrogen and oxygen atoms in total. The van der Waals surface area contributed by atoms with Gasteiger partial charge in [-0.05, 0) is 28.5 Å². The van der Waals surface area contributed by atoms with Crippen molar-refractivity contribution in [1.29, 1.82) is 5.41 Å². The number of rotatable bonds is 3. The second-order valence-corrected chi connectivity index (χ2v) is 4.46. The van der Waals surface area contributed by atoms with Gasteiger partial charge in [0.05, 0.1) is 10.7 Å². The number of aromatic nitrogens is 2. The van der Waals surface area contributed by atoms with Crippen molar-refractivity contribution in [3.05, 3.63) is 34.7 Å². The zero-order valence-corrected chi connectivity index (χ0v) is 12.1. The van der Waals surface area contributed by atoms with Crippen molar-refractivity contribution in [1.82, 2.24) is 10.3 Å². The van der Waals surface area contributed by atoms with Crippen LogP contribution in [-0.2, 0) is 9.63 Å². The van der Waals surface area contributed by atoms with Crippen LogP contribution in [0.25, 0.3) is 0 Å².